The zero-order valence-corrected chi connectivity index (χ0v) is 12.6. The summed E-state index contributed by atoms with van der Waals surface area (Å²) in [6.45, 7) is 8.52. The summed E-state index contributed by atoms with van der Waals surface area (Å²) in [7, 11) is 0. The van der Waals surface area contributed by atoms with Crippen LogP contribution in [0.2, 0.25) is 0 Å². The van der Waals surface area contributed by atoms with Crippen LogP contribution in [0, 0.1) is 13.8 Å². The van der Waals surface area contributed by atoms with E-state index in [1.807, 2.05) is 13.8 Å². The van der Waals surface area contributed by atoms with Crippen molar-refractivity contribution in [2.24, 2.45) is 0 Å². The first-order valence-corrected chi connectivity index (χ1v) is 7.22. The van der Waals surface area contributed by atoms with E-state index >= 15 is 0 Å². The molecule has 0 radical (unpaired) electrons. The lowest BCUT2D eigenvalue weighted by Gasteiger charge is -2.24. The molecule has 0 fully saturated rings. The molecule has 0 saturated heterocycles. The maximum absolute atomic E-state index is 12.1. The summed E-state index contributed by atoms with van der Waals surface area (Å²) in [5.41, 5.74) is 1.80. The molecule has 0 spiro atoms. The van der Waals surface area contributed by atoms with E-state index in [0.717, 1.165) is 5.76 Å². The van der Waals surface area contributed by atoms with Crippen LogP contribution < -0.4 is 5.32 Å². The van der Waals surface area contributed by atoms with Gasteiger partial charge in [-0.2, -0.15) is 11.3 Å². The first kappa shape index (κ1) is 13.9. The lowest BCUT2D eigenvalue weighted by Crippen LogP contribution is -2.36. The standard InChI is InChI=1S/C15H19NO2S/c1-10-7-13(11(2)18-10)14(17)16-9-15(3,4)12-5-6-19-8-12/h5-8H,9H2,1-4H3,(H,16,17). The van der Waals surface area contributed by atoms with Crippen molar-refractivity contribution in [3.63, 3.8) is 0 Å². The van der Waals surface area contributed by atoms with Gasteiger partial charge in [-0.3, -0.25) is 4.79 Å². The largest absolute Gasteiger partial charge is 0.466 e. The highest BCUT2D eigenvalue weighted by Gasteiger charge is 2.23. The molecule has 1 N–H and O–H groups in total. The Morgan fingerprint density at radius 3 is 2.68 bits per heavy atom. The van der Waals surface area contributed by atoms with Gasteiger partial charge in [0.25, 0.3) is 5.91 Å². The Hall–Kier alpha value is -1.55. The first-order chi connectivity index (χ1) is 8.90. The average Bonchev–Trinajstić information content (AvgIpc) is 2.96. The van der Waals surface area contributed by atoms with E-state index in [4.69, 9.17) is 4.42 Å². The topological polar surface area (TPSA) is 42.2 Å². The lowest BCUT2D eigenvalue weighted by molar-refractivity contribution is 0.0944. The molecule has 0 saturated carbocycles. The predicted molar refractivity (Wildman–Crippen MR) is 77.9 cm³/mol. The molecule has 2 rings (SSSR count). The van der Waals surface area contributed by atoms with Crippen LogP contribution in [0.3, 0.4) is 0 Å². The van der Waals surface area contributed by atoms with Crippen LogP contribution in [-0.4, -0.2) is 12.5 Å². The number of amides is 1. The van der Waals surface area contributed by atoms with E-state index in [0.29, 0.717) is 17.9 Å². The smallest absolute Gasteiger partial charge is 0.254 e. The van der Waals surface area contributed by atoms with Gasteiger partial charge in [-0.15, -0.1) is 0 Å². The van der Waals surface area contributed by atoms with Gasteiger partial charge in [0.2, 0.25) is 0 Å². The zero-order valence-electron chi connectivity index (χ0n) is 11.7. The second-order valence-electron chi connectivity index (χ2n) is 5.41. The van der Waals surface area contributed by atoms with Crippen molar-refractivity contribution in [3.05, 3.63) is 45.5 Å². The van der Waals surface area contributed by atoms with Gasteiger partial charge >= 0.3 is 0 Å². The zero-order chi connectivity index (χ0) is 14.0. The Balaban J connectivity index is 2.03. The molecule has 0 unspecified atom stereocenters. The van der Waals surface area contributed by atoms with Crippen molar-refractivity contribution in [1.82, 2.24) is 5.32 Å². The third-order valence-corrected chi connectivity index (χ3v) is 3.96. The molecule has 0 aliphatic rings. The van der Waals surface area contributed by atoms with Gasteiger partial charge in [-0.1, -0.05) is 13.8 Å². The number of thiophene rings is 1. The molecule has 1 amide bonds. The highest BCUT2D eigenvalue weighted by Crippen LogP contribution is 2.24. The molecule has 4 heteroatoms. The van der Waals surface area contributed by atoms with E-state index in [-0.39, 0.29) is 11.3 Å². The molecule has 0 aliphatic carbocycles. The Morgan fingerprint density at radius 2 is 2.16 bits per heavy atom. The highest BCUT2D eigenvalue weighted by molar-refractivity contribution is 7.08. The average molecular weight is 277 g/mol. The molecule has 2 heterocycles. The first-order valence-electron chi connectivity index (χ1n) is 6.28. The molecular weight excluding hydrogens is 258 g/mol. The fourth-order valence-corrected chi connectivity index (χ4v) is 2.85. The van der Waals surface area contributed by atoms with Crippen LogP contribution in [0.1, 0.15) is 41.3 Å². The van der Waals surface area contributed by atoms with E-state index in [1.54, 1.807) is 17.4 Å². The predicted octanol–water partition coefficient (Wildman–Crippen LogP) is 3.67. The van der Waals surface area contributed by atoms with Gasteiger partial charge in [0, 0.05) is 12.0 Å². The van der Waals surface area contributed by atoms with Gasteiger partial charge in [-0.05, 0) is 42.3 Å². The van der Waals surface area contributed by atoms with Crippen molar-refractivity contribution < 1.29 is 9.21 Å². The molecule has 0 aliphatic heterocycles. The number of rotatable bonds is 4. The van der Waals surface area contributed by atoms with Crippen molar-refractivity contribution in [2.75, 3.05) is 6.54 Å². The molecule has 2 aromatic rings. The maximum atomic E-state index is 12.1. The van der Waals surface area contributed by atoms with Gasteiger partial charge in [0.1, 0.15) is 11.5 Å². The monoisotopic (exact) mass is 277 g/mol. The minimum atomic E-state index is -0.0716. The van der Waals surface area contributed by atoms with Gasteiger partial charge in [0.15, 0.2) is 0 Å². The highest BCUT2D eigenvalue weighted by atomic mass is 32.1. The number of nitrogens with one attached hydrogen (secondary N) is 1. The quantitative estimate of drug-likeness (QED) is 0.926. The second-order valence-corrected chi connectivity index (χ2v) is 6.19. The molecule has 19 heavy (non-hydrogen) atoms. The van der Waals surface area contributed by atoms with Gasteiger partial charge in [-0.25, -0.2) is 0 Å². The molecule has 0 aromatic carbocycles. The summed E-state index contributed by atoms with van der Waals surface area (Å²) in [4.78, 5) is 12.1. The van der Waals surface area contributed by atoms with Crippen LogP contribution in [0.25, 0.3) is 0 Å². The van der Waals surface area contributed by atoms with Crippen LogP contribution in [0.15, 0.2) is 27.3 Å². The van der Waals surface area contributed by atoms with Crippen LogP contribution in [0.4, 0.5) is 0 Å². The Kier molecular flexibility index (Phi) is 3.80. The third-order valence-electron chi connectivity index (χ3n) is 3.28. The summed E-state index contributed by atoms with van der Waals surface area (Å²) in [5, 5.41) is 7.17. The van der Waals surface area contributed by atoms with E-state index in [9.17, 15) is 4.79 Å². The lowest BCUT2D eigenvalue weighted by atomic mass is 9.86. The molecule has 3 nitrogen and oxygen atoms in total. The van der Waals surface area contributed by atoms with E-state index in [2.05, 4.69) is 36.0 Å². The Morgan fingerprint density at radius 1 is 1.42 bits per heavy atom. The number of hydrogen-bond donors (Lipinski definition) is 1. The van der Waals surface area contributed by atoms with Gasteiger partial charge in [0.05, 0.1) is 5.56 Å². The number of carbonyl (C=O) groups excluding carboxylic acids is 1. The normalized spacial score (nSPS) is 11.6. The number of hydrogen-bond acceptors (Lipinski definition) is 3. The van der Waals surface area contributed by atoms with Crippen molar-refractivity contribution in [2.45, 2.75) is 33.1 Å². The fraction of sp³-hybridized carbons (Fsp3) is 0.400. The maximum Gasteiger partial charge on any atom is 0.254 e. The molecular formula is C15H19NO2S. The molecule has 102 valence electrons. The van der Waals surface area contributed by atoms with Crippen molar-refractivity contribution in [1.29, 1.82) is 0 Å². The Labute approximate surface area is 117 Å². The van der Waals surface area contributed by atoms with Crippen LogP contribution in [0.5, 0.6) is 0 Å². The molecule has 0 atom stereocenters. The minimum Gasteiger partial charge on any atom is -0.466 e. The second kappa shape index (κ2) is 5.21. The number of furan rings is 1. The minimum absolute atomic E-state index is 0.0671. The SMILES string of the molecule is Cc1cc(C(=O)NCC(C)(C)c2ccsc2)c(C)o1. The van der Waals surface area contributed by atoms with E-state index in [1.165, 1.54) is 5.56 Å². The van der Waals surface area contributed by atoms with Gasteiger partial charge < -0.3 is 9.73 Å². The fourth-order valence-electron chi connectivity index (χ4n) is 2.00. The summed E-state index contributed by atoms with van der Waals surface area (Å²) < 4.78 is 5.38. The van der Waals surface area contributed by atoms with Crippen LogP contribution >= 0.6 is 11.3 Å². The molecule has 2 aromatic heterocycles. The summed E-state index contributed by atoms with van der Waals surface area (Å²) in [5.74, 6) is 1.36. The molecule has 0 bridgehead atoms. The van der Waals surface area contributed by atoms with Crippen molar-refractivity contribution in [3.8, 4) is 0 Å². The summed E-state index contributed by atoms with van der Waals surface area (Å²) in [6, 6.07) is 3.88. The summed E-state index contributed by atoms with van der Waals surface area (Å²) >= 11 is 1.68. The van der Waals surface area contributed by atoms with Crippen LogP contribution in [-0.2, 0) is 5.41 Å². The van der Waals surface area contributed by atoms with Crippen molar-refractivity contribution >= 4 is 17.2 Å². The van der Waals surface area contributed by atoms with E-state index < -0.39 is 0 Å². The summed E-state index contributed by atoms with van der Waals surface area (Å²) in [6.07, 6.45) is 0. The Bertz CT molecular complexity index is 567. The third kappa shape index (κ3) is 3.07. The number of carbonyl (C=O) groups is 1. The number of aryl methyl sites for hydroxylation is 2.